The molecule has 0 spiro atoms. The number of imidazole rings is 1. The Hall–Kier alpha value is -5.30. The number of fused-ring (bicyclic) bond motifs is 2. The Morgan fingerprint density at radius 3 is 2.52 bits per heavy atom. The molecule has 6 rings (SSSR count). The number of halogens is 2. The molecule has 56 heavy (non-hydrogen) atoms. The van der Waals surface area contributed by atoms with Crippen molar-refractivity contribution < 1.29 is 61.1 Å². The van der Waals surface area contributed by atoms with Gasteiger partial charge < -0.3 is 39.4 Å². The Kier molecular flexibility index (Phi) is 11.6. The lowest BCUT2D eigenvalue weighted by atomic mass is 9.96. The van der Waals surface area contributed by atoms with Gasteiger partial charge in [0.2, 0.25) is 11.8 Å². The number of hydrogen-bond donors (Lipinski definition) is 4. The second kappa shape index (κ2) is 16.0. The highest BCUT2D eigenvalue weighted by Gasteiger charge is 2.54. The van der Waals surface area contributed by atoms with Crippen LogP contribution < -0.4 is 20.1 Å². The summed E-state index contributed by atoms with van der Waals surface area (Å²) in [6, 6.07) is 11.3. The van der Waals surface area contributed by atoms with Crippen LogP contribution in [0.25, 0.3) is 21.9 Å². The third-order valence-electron chi connectivity index (χ3n) is 9.22. The molecule has 1 saturated heterocycles. The second-order valence-electron chi connectivity index (χ2n) is 13.2. The molecule has 1 fully saturated rings. The molecule has 7 atom stereocenters. The second-order valence-corrected chi connectivity index (χ2v) is 14.9. The minimum absolute atomic E-state index is 0.0323. The number of carbonyl (C=O) groups excluding carboxylic acids is 2. The summed E-state index contributed by atoms with van der Waals surface area (Å²) in [5.41, 5.74) is 4.77. The number of benzene rings is 3. The molecule has 1 aliphatic rings. The first-order valence-corrected chi connectivity index (χ1v) is 18.6. The van der Waals surface area contributed by atoms with Crippen LogP contribution in [0.3, 0.4) is 0 Å². The number of esters is 2. The van der Waals surface area contributed by atoms with Gasteiger partial charge in [0, 0.05) is 11.6 Å². The standard InChI is InChI=1S/C36H39F2N6O11P/c1-18(32(46)51-5)20-6-7-22-13-25(11-9-21(22)12-20)55-56(49,43-19(2)33(47)52-15-23-8-10-24(37)14-26(23)38)53-16-27-29(45)36(3,48)34(54-27)44-17-40-28-30(44)41-35(39)42-31(28)50-4/h6-14,17-19,27,29,34,45,48H,15-16H2,1-5H3,(H,43,49)(H2,39,41,42)/t18-,19?,27+,29+,34?,36+,56?/m0/s1. The number of nitrogen functional groups attached to an aromatic ring is 1. The molecule has 17 nitrogen and oxygen atoms in total. The first kappa shape index (κ1) is 40.4. The molecule has 0 amide bonds. The van der Waals surface area contributed by atoms with Crippen molar-refractivity contribution in [2.75, 3.05) is 26.6 Å². The van der Waals surface area contributed by atoms with Gasteiger partial charge in [0.1, 0.15) is 47.8 Å². The molecule has 5 aromatic rings. The van der Waals surface area contributed by atoms with E-state index in [4.69, 9.17) is 33.7 Å². The minimum atomic E-state index is -4.62. The number of aromatic nitrogens is 4. The maximum absolute atomic E-state index is 14.5. The van der Waals surface area contributed by atoms with Gasteiger partial charge in [0.15, 0.2) is 17.4 Å². The highest BCUT2D eigenvalue weighted by molar-refractivity contribution is 7.52. The van der Waals surface area contributed by atoms with Crippen LogP contribution in [0, 0.1) is 11.6 Å². The average Bonchev–Trinajstić information content (AvgIpc) is 3.68. The Labute approximate surface area is 318 Å². The van der Waals surface area contributed by atoms with E-state index in [2.05, 4.69) is 20.0 Å². The van der Waals surface area contributed by atoms with E-state index < -0.39 is 80.5 Å². The average molecular weight is 801 g/mol. The van der Waals surface area contributed by atoms with E-state index >= 15 is 0 Å². The van der Waals surface area contributed by atoms with Crippen molar-refractivity contribution in [2.24, 2.45) is 0 Å². The first-order valence-electron chi connectivity index (χ1n) is 17.1. The van der Waals surface area contributed by atoms with Gasteiger partial charge in [0.25, 0.3) is 0 Å². The summed E-state index contributed by atoms with van der Waals surface area (Å²) >= 11 is 0. The number of carbonyl (C=O) groups is 2. The van der Waals surface area contributed by atoms with Gasteiger partial charge >= 0.3 is 19.7 Å². The fourth-order valence-electron chi connectivity index (χ4n) is 6.08. The van der Waals surface area contributed by atoms with E-state index in [1.165, 1.54) is 45.0 Å². The van der Waals surface area contributed by atoms with Crippen LogP contribution in [0.2, 0.25) is 0 Å². The molecule has 0 bridgehead atoms. The number of nitrogens with one attached hydrogen (secondary N) is 1. The van der Waals surface area contributed by atoms with Gasteiger partial charge in [-0.1, -0.05) is 24.3 Å². The predicted octanol–water partition coefficient (Wildman–Crippen LogP) is 4.06. The van der Waals surface area contributed by atoms with E-state index in [1.54, 1.807) is 37.3 Å². The number of rotatable bonds is 14. The van der Waals surface area contributed by atoms with Crippen LogP contribution in [0.15, 0.2) is 60.9 Å². The summed E-state index contributed by atoms with van der Waals surface area (Å²) in [5, 5.41) is 26.5. The first-order chi connectivity index (χ1) is 26.5. The highest BCUT2D eigenvalue weighted by atomic mass is 31.2. The van der Waals surface area contributed by atoms with Crippen molar-refractivity contribution in [1.29, 1.82) is 0 Å². The lowest BCUT2D eigenvalue weighted by Crippen LogP contribution is -2.44. The summed E-state index contributed by atoms with van der Waals surface area (Å²) in [6.45, 7) is 3.08. The van der Waals surface area contributed by atoms with Gasteiger partial charge in [-0.3, -0.25) is 18.7 Å². The van der Waals surface area contributed by atoms with Crippen molar-refractivity contribution in [3.8, 4) is 11.6 Å². The van der Waals surface area contributed by atoms with Crippen LogP contribution >= 0.6 is 7.75 Å². The zero-order valence-corrected chi connectivity index (χ0v) is 31.6. The van der Waals surface area contributed by atoms with Gasteiger partial charge in [0.05, 0.1) is 33.1 Å². The van der Waals surface area contributed by atoms with Crippen molar-refractivity contribution in [3.05, 3.63) is 83.7 Å². The SMILES string of the molecule is COC(=O)[C@@H](C)c1ccc2cc(OP(=O)(NC(C)C(=O)OCc3ccc(F)cc3F)OC[C@H]3OC(n4cnc5c(OC)nc(N)nc54)[C@](C)(O)[C@@H]3O)ccc2c1. The number of ether oxygens (including phenoxy) is 4. The van der Waals surface area contributed by atoms with Gasteiger partial charge in [-0.2, -0.15) is 15.1 Å². The van der Waals surface area contributed by atoms with Crippen LogP contribution in [0.1, 0.15) is 44.0 Å². The largest absolute Gasteiger partial charge is 0.479 e. The molecule has 298 valence electrons. The molecule has 3 heterocycles. The molecular weight excluding hydrogens is 761 g/mol. The minimum Gasteiger partial charge on any atom is -0.479 e. The Balaban J connectivity index is 1.24. The summed E-state index contributed by atoms with van der Waals surface area (Å²) in [4.78, 5) is 37.5. The van der Waals surface area contributed by atoms with E-state index in [0.717, 1.165) is 12.1 Å². The summed E-state index contributed by atoms with van der Waals surface area (Å²) < 4.78 is 76.4. The molecule has 3 unspecified atom stereocenters. The maximum atomic E-state index is 14.5. The molecule has 0 aliphatic carbocycles. The molecule has 0 saturated carbocycles. The third kappa shape index (κ3) is 8.28. The number of hydrogen-bond acceptors (Lipinski definition) is 15. The Morgan fingerprint density at radius 2 is 1.80 bits per heavy atom. The quantitative estimate of drug-likeness (QED) is 0.0917. The molecule has 0 radical (unpaired) electrons. The van der Waals surface area contributed by atoms with Gasteiger partial charge in [-0.25, -0.2) is 18.3 Å². The van der Waals surface area contributed by atoms with Crippen molar-refractivity contribution in [2.45, 2.75) is 63.4 Å². The normalized spacial score (nSPS) is 21.7. The summed E-state index contributed by atoms with van der Waals surface area (Å²) in [5.74, 6) is -3.73. The molecule has 3 aromatic carbocycles. The van der Waals surface area contributed by atoms with Crippen LogP contribution in [-0.2, 0) is 39.5 Å². The summed E-state index contributed by atoms with van der Waals surface area (Å²) in [7, 11) is -1.96. The third-order valence-corrected chi connectivity index (χ3v) is 10.9. The number of nitrogens with zero attached hydrogens (tertiary/aromatic N) is 4. The molecular formula is C36H39F2N6O11P. The zero-order chi connectivity index (χ0) is 40.5. The van der Waals surface area contributed by atoms with Crippen molar-refractivity contribution in [1.82, 2.24) is 24.6 Å². The van der Waals surface area contributed by atoms with E-state index in [9.17, 15) is 33.1 Å². The topological polar surface area (TPSA) is 229 Å². The Bertz CT molecular complexity index is 2330. The monoisotopic (exact) mass is 800 g/mol. The molecule has 1 aliphatic heterocycles. The smallest absolute Gasteiger partial charge is 0.459 e. The molecule has 2 aromatic heterocycles. The number of anilines is 1. The van der Waals surface area contributed by atoms with E-state index in [-0.39, 0.29) is 34.3 Å². The van der Waals surface area contributed by atoms with Crippen molar-refractivity contribution >= 4 is 47.6 Å². The van der Waals surface area contributed by atoms with Crippen LogP contribution in [0.5, 0.6) is 11.6 Å². The number of aliphatic hydroxyl groups excluding tert-OH is 1. The van der Waals surface area contributed by atoms with Crippen molar-refractivity contribution in [3.63, 3.8) is 0 Å². The fraction of sp³-hybridized carbons (Fsp3) is 0.361. The van der Waals surface area contributed by atoms with E-state index in [1.807, 2.05) is 0 Å². The highest BCUT2D eigenvalue weighted by Crippen LogP contribution is 2.48. The summed E-state index contributed by atoms with van der Waals surface area (Å²) in [6.07, 6.45) is -3.02. The molecule has 20 heteroatoms. The lowest BCUT2D eigenvalue weighted by Gasteiger charge is -2.27. The van der Waals surface area contributed by atoms with Crippen LogP contribution in [0.4, 0.5) is 14.7 Å². The maximum Gasteiger partial charge on any atom is 0.459 e. The Morgan fingerprint density at radius 1 is 1.07 bits per heavy atom. The number of methoxy groups -OCH3 is 2. The molecule has 5 N–H and O–H groups in total. The van der Waals surface area contributed by atoms with Gasteiger partial charge in [-0.05, 0) is 61.4 Å². The lowest BCUT2D eigenvalue weighted by molar-refractivity contribution is -0.146. The fourth-order valence-corrected chi connectivity index (χ4v) is 7.58. The van der Waals surface area contributed by atoms with Gasteiger partial charge in [-0.15, -0.1) is 0 Å². The number of nitrogens with two attached hydrogens (primary N) is 1. The number of aliphatic hydroxyl groups is 2. The van der Waals surface area contributed by atoms with Crippen LogP contribution in [-0.4, -0.2) is 86.3 Å². The van der Waals surface area contributed by atoms with E-state index in [0.29, 0.717) is 22.4 Å². The zero-order valence-electron chi connectivity index (χ0n) is 30.7. The predicted molar refractivity (Wildman–Crippen MR) is 194 cm³/mol.